The summed E-state index contributed by atoms with van der Waals surface area (Å²) in [6, 6.07) is 2.95. The molecule has 12 heteroatoms. The van der Waals surface area contributed by atoms with Crippen molar-refractivity contribution in [2.45, 2.75) is 37.8 Å². The number of benzene rings is 1. The molecule has 1 aromatic carbocycles. The molecule has 8 nitrogen and oxygen atoms in total. The van der Waals surface area contributed by atoms with Gasteiger partial charge in [0.25, 0.3) is 5.56 Å². The molecule has 32 heavy (non-hydrogen) atoms. The summed E-state index contributed by atoms with van der Waals surface area (Å²) < 4.78 is 39.1. The molecule has 2 aliphatic heterocycles. The van der Waals surface area contributed by atoms with Gasteiger partial charge in [0.1, 0.15) is 5.82 Å². The average molecular weight is 470 g/mol. The number of hydrogen-bond acceptors (Lipinski definition) is 5. The minimum absolute atomic E-state index is 0.0398. The second-order valence-electron chi connectivity index (χ2n) is 7.69. The highest BCUT2D eigenvalue weighted by Gasteiger charge is 2.37. The van der Waals surface area contributed by atoms with Crippen LogP contribution in [0, 0.1) is 0 Å². The van der Waals surface area contributed by atoms with E-state index in [0.29, 0.717) is 12.0 Å². The molecule has 2 aromatic rings. The van der Waals surface area contributed by atoms with Crippen LogP contribution in [0.2, 0.25) is 5.02 Å². The maximum atomic E-state index is 13.0. The van der Waals surface area contributed by atoms with Gasteiger partial charge >= 0.3 is 6.18 Å². The van der Waals surface area contributed by atoms with E-state index < -0.39 is 46.5 Å². The summed E-state index contributed by atoms with van der Waals surface area (Å²) in [4.78, 5) is 46.5. The van der Waals surface area contributed by atoms with Crippen molar-refractivity contribution in [1.29, 1.82) is 0 Å². The van der Waals surface area contributed by atoms with Gasteiger partial charge in [0.05, 0.1) is 22.1 Å². The van der Waals surface area contributed by atoms with Crippen LogP contribution in [-0.4, -0.2) is 34.9 Å². The van der Waals surface area contributed by atoms with Gasteiger partial charge in [0, 0.05) is 25.2 Å². The zero-order valence-electron chi connectivity index (χ0n) is 16.7. The van der Waals surface area contributed by atoms with Crippen molar-refractivity contribution >= 4 is 40.9 Å². The first-order valence-electron chi connectivity index (χ1n) is 10.00. The van der Waals surface area contributed by atoms with Crippen LogP contribution in [0.3, 0.4) is 0 Å². The first-order valence-corrected chi connectivity index (χ1v) is 10.4. The van der Waals surface area contributed by atoms with Gasteiger partial charge in [-0.2, -0.15) is 18.2 Å². The number of hydrogen-bond donors (Lipinski definition) is 3. The molecule has 0 bridgehead atoms. The third kappa shape index (κ3) is 4.43. The fourth-order valence-corrected chi connectivity index (χ4v) is 4.12. The van der Waals surface area contributed by atoms with E-state index in [9.17, 15) is 27.6 Å². The first-order chi connectivity index (χ1) is 15.1. The molecule has 0 spiro atoms. The highest BCUT2D eigenvalue weighted by molar-refractivity contribution is 6.31. The summed E-state index contributed by atoms with van der Waals surface area (Å²) >= 11 is 5.58. The van der Waals surface area contributed by atoms with Crippen molar-refractivity contribution < 1.29 is 22.8 Å². The van der Waals surface area contributed by atoms with Gasteiger partial charge in [-0.15, -0.1) is 0 Å². The van der Waals surface area contributed by atoms with Gasteiger partial charge in [-0.1, -0.05) is 11.6 Å². The Hall–Kier alpha value is -3.08. The second-order valence-corrected chi connectivity index (χ2v) is 8.09. The van der Waals surface area contributed by atoms with Crippen molar-refractivity contribution in [2.24, 2.45) is 0 Å². The largest absolute Gasteiger partial charge is 0.417 e. The molecule has 0 aliphatic carbocycles. The summed E-state index contributed by atoms with van der Waals surface area (Å²) in [7, 11) is 0. The third-order valence-electron chi connectivity index (χ3n) is 5.45. The highest BCUT2D eigenvalue weighted by atomic mass is 35.5. The molecule has 0 unspecified atom stereocenters. The number of anilines is 3. The number of nitrogens with one attached hydrogen (secondary N) is 3. The van der Waals surface area contributed by atoms with Crippen LogP contribution >= 0.6 is 11.6 Å². The third-order valence-corrected chi connectivity index (χ3v) is 5.78. The van der Waals surface area contributed by atoms with Gasteiger partial charge in [0.15, 0.2) is 0 Å². The Morgan fingerprint density at radius 2 is 1.94 bits per heavy atom. The van der Waals surface area contributed by atoms with E-state index in [4.69, 9.17) is 11.6 Å². The van der Waals surface area contributed by atoms with Gasteiger partial charge in [0.2, 0.25) is 17.8 Å². The second kappa shape index (κ2) is 8.45. The zero-order chi connectivity index (χ0) is 23.0. The summed E-state index contributed by atoms with van der Waals surface area (Å²) in [5, 5.41) is 4.36. The van der Waals surface area contributed by atoms with Crippen molar-refractivity contribution in [2.75, 3.05) is 28.6 Å². The van der Waals surface area contributed by atoms with E-state index in [1.54, 1.807) is 0 Å². The average Bonchev–Trinajstić information content (AvgIpc) is 3.04. The monoisotopic (exact) mass is 469 g/mol. The van der Waals surface area contributed by atoms with Crippen molar-refractivity contribution in [3.05, 3.63) is 44.7 Å². The van der Waals surface area contributed by atoms with Crippen molar-refractivity contribution in [1.82, 2.24) is 9.97 Å². The molecular formula is C20H19ClF3N5O3. The Morgan fingerprint density at radius 3 is 2.62 bits per heavy atom. The van der Waals surface area contributed by atoms with Gasteiger partial charge in [-0.25, -0.2) is 0 Å². The molecule has 4 rings (SSSR count). The molecule has 3 heterocycles. The lowest BCUT2D eigenvalue weighted by Crippen LogP contribution is -2.33. The summed E-state index contributed by atoms with van der Waals surface area (Å²) in [6.45, 7) is 1.48. The molecule has 170 valence electrons. The lowest BCUT2D eigenvalue weighted by atomic mass is 9.99. The van der Waals surface area contributed by atoms with Crippen LogP contribution in [0.5, 0.6) is 0 Å². The number of carbonyl (C=O) groups is 2. The molecule has 2 amide bonds. The lowest BCUT2D eigenvalue weighted by Gasteiger charge is -2.27. The minimum atomic E-state index is -4.69. The van der Waals surface area contributed by atoms with E-state index in [-0.39, 0.29) is 17.1 Å². The number of fused-ring (bicyclic) bond motifs is 1. The molecule has 0 radical (unpaired) electrons. The molecule has 1 atom stereocenters. The van der Waals surface area contributed by atoms with Crippen molar-refractivity contribution in [3.63, 3.8) is 0 Å². The number of aromatic amines is 1. The van der Waals surface area contributed by atoms with Crippen LogP contribution < -0.4 is 21.1 Å². The van der Waals surface area contributed by atoms with E-state index in [2.05, 4.69) is 20.6 Å². The van der Waals surface area contributed by atoms with Gasteiger partial charge in [-0.3, -0.25) is 19.4 Å². The number of rotatable bonds is 4. The van der Waals surface area contributed by atoms with E-state index in [1.807, 2.05) is 4.90 Å². The molecule has 1 saturated heterocycles. The lowest BCUT2D eigenvalue weighted by molar-refractivity contribution is -0.137. The number of aromatic nitrogens is 2. The zero-order valence-corrected chi connectivity index (χ0v) is 17.4. The van der Waals surface area contributed by atoms with Crippen LogP contribution in [-0.2, 0) is 15.8 Å². The normalized spacial score (nSPS) is 18.3. The standard InChI is InChI=1S/C20H19ClF3N5O3/c21-13-5-4-10(8-12(13)20(22,23)24)25-14(30)9-11-15-16(26-17(11)31)27-19(28-18(15)32)29-6-2-1-3-7-29/h4-5,8,11H,1-3,6-7,9H2,(H,25,30)(H2,26,27,28,31,32)/t11-/m1/s1. The fraction of sp³-hybridized carbons (Fsp3) is 0.400. The summed E-state index contributed by atoms with van der Waals surface area (Å²) in [5.41, 5.74) is -1.71. The molecule has 3 N–H and O–H groups in total. The van der Waals surface area contributed by atoms with Crippen LogP contribution in [0.4, 0.5) is 30.6 Å². The Morgan fingerprint density at radius 1 is 1.22 bits per heavy atom. The van der Waals surface area contributed by atoms with E-state index in [0.717, 1.165) is 38.4 Å². The number of amides is 2. The molecule has 2 aliphatic rings. The maximum absolute atomic E-state index is 13.0. The smallest absolute Gasteiger partial charge is 0.342 e. The Bertz CT molecular complexity index is 1130. The Balaban J connectivity index is 1.52. The van der Waals surface area contributed by atoms with E-state index >= 15 is 0 Å². The molecule has 0 saturated carbocycles. The minimum Gasteiger partial charge on any atom is -0.342 e. The van der Waals surface area contributed by atoms with Gasteiger partial charge < -0.3 is 15.5 Å². The quantitative estimate of drug-likeness (QED) is 0.635. The number of piperidine rings is 1. The Kier molecular flexibility index (Phi) is 5.85. The van der Waals surface area contributed by atoms with Crippen molar-refractivity contribution in [3.8, 4) is 0 Å². The summed E-state index contributed by atoms with van der Waals surface area (Å²) in [6.07, 6.45) is -2.09. The number of nitrogens with zero attached hydrogens (tertiary/aromatic N) is 2. The topological polar surface area (TPSA) is 107 Å². The SMILES string of the molecule is O=C(C[C@H]1C(=O)Nc2nc(N3CCCCC3)[nH]c(=O)c21)Nc1ccc(Cl)c(C(F)(F)F)c1. The first kappa shape index (κ1) is 22.1. The predicted octanol–water partition coefficient (Wildman–Crippen LogP) is 3.50. The maximum Gasteiger partial charge on any atom is 0.417 e. The highest BCUT2D eigenvalue weighted by Crippen LogP contribution is 2.37. The number of H-pyrrole nitrogens is 1. The molecular weight excluding hydrogens is 451 g/mol. The molecule has 1 aromatic heterocycles. The van der Waals surface area contributed by atoms with Gasteiger partial charge in [-0.05, 0) is 37.5 Å². The number of alkyl halides is 3. The number of halogens is 4. The van der Waals surface area contributed by atoms with Crippen LogP contribution in [0.15, 0.2) is 23.0 Å². The fourth-order valence-electron chi connectivity index (χ4n) is 3.89. The van der Waals surface area contributed by atoms with E-state index in [1.165, 1.54) is 6.07 Å². The van der Waals surface area contributed by atoms with Crippen LogP contribution in [0.25, 0.3) is 0 Å². The summed E-state index contributed by atoms with van der Waals surface area (Å²) in [5.74, 6) is -1.95. The molecule has 1 fully saturated rings. The number of carbonyl (C=O) groups excluding carboxylic acids is 2. The Labute approximate surface area is 185 Å². The predicted molar refractivity (Wildman–Crippen MR) is 112 cm³/mol. The van der Waals surface area contributed by atoms with Crippen LogP contribution in [0.1, 0.15) is 42.7 Å².